The third-order valence-electron chi connectivity index (χ3n) is 12.7. The predicted molar refractivity (Wildman–Crippen MR) is 260 cm³/mol. The van der Waals surface area contributed by atoms with Gasteiger partial charge in [-0.25, -0.2) is 0 Å². The summed E-state index contributed by atoms with van der Waals surface area (Å²) in [5, 5.41) is 5.08. The summed E-state index contributed by atoms with van der Waals surface area (Å²) in [4.78, 5) is 2.53. The van der Waals surface area contributed by atoms with Crippen LogP contribution < -0.4 is 4.90 Å². The molecule has 0 saturated carbocycles. The Bertz CT molecular complexity index is 3400. The van der Waals surface area contributed by atoms with Crippen molar-refractivity contribution in [2.24, 2.45) is 0 Å². The van der Waals surface area contributed by atoms with Crippen LogP contribution >= 0.6 is 11.3 Å². The highest BCUT2D eigenvalue weighted by molar-refractivity contribution is 7.25. The lowest BCUT2D eigenvalue weighted by Crippen LogP contribution is -2.28. The first-order chi connectivity index (χ1) is 30.3. The number of anilines is 3. The highest BCUT2D eigenvalue weighted by atomic mass is 32.1. The smallest absolute Gasteiger partial charge is 0.0714 e. The van der Waals surface area contributed by atoms with Crippen LogP contribution in [-0.4, -0.2) is 0 Å². The highest BCUT2D eigenvalue weighted by Crippen LogP contribution is 2.60. The average Bonchev–Trinajstić information content (AvgIpc) is 3.86. The Balaban J connectivity index is 1.14. The van der Waals surface area contributed by atoms with Gasteiger partial charge >= 0.3 is 0 Å². The maximum absolute atomic E-state index is 2.53. The van der Waals surface area contributed by atoms with Crippen molar-refractivity contribution in [3.8, 4) is 33.4 Å². The van der Waals surface area contributed by atoms with Gasteiger partial charge in [-0.2, -0.15) is 0 Å². The molecular formula is C59H39NS. The molecule has 0 saturated heterocycles. The van der Waals surface area contributed by atoms with Crippen molar-refractivity contribution in [3.63, 3.8) is 0 Å². The molecule has 0 amide bonds. The molecule has 1 heterocycles. The number of fused-ring (bicyclic) bond motifs is 7. The molecule has 0 N–H and O–H groups in total. The molecule has 12 rings (SSSR count). The second-order valence-corrected chi connectivity index (χ2v) is 17.1. The zero-order valence-electron chi connectivity index (χ0n) is 33.4. The van der Waals surface area contributed by atoms with Gasteiger partial charge in [0.1, 0.15) is 0 Å². The van der Waals surface area contributed by atoms with E-state index in [1.54, 1.807) is 0 Å². The molecule has 10 aromatic carbocycles. The van der Waals surface area contributed by atoms with Gasteiger partial charge in [-0.05, 0) is 104 Å². The Morgan fingerprint density at radius 2 is 0.951 bits per heavy atom. The predicted octanol–water partition coefficient (Wildman–Crippen LogP) is 16.4. The van der Waals surface area contributed by atoms with Gasteiger partial charge in [0.25, 0.3) is 0 Å². The Labute approximate surface area is 360 Å². The van der Waals surface area contributed by atoms with Crippen molar-refractivity contribution in [2.45, 2.75) is 5.41 Å². The van der Waals surface area contributed by atoms with E-state index in [-0.39, 0.29) is 0 Å². The lowest BCUT2D eigenvalue weighted by Gasteiger charge is -2.34. The summed E-state index contributed by atoms with van der Waals surface area (Å²) >= 11 is 1.86. The lowest BCUT2D eigenvalue weighted by molar-refractivity contribution is 0.768. The van der Waals surface area contributed by atoms with Crippen molar-refractivity contribution in [1.82, 2.24) is 0 Å². The molecule has 0 bridgehead atoms. The largest absolute Gasteiger partial charge is 0.309 e. The molecule has 11 aromatic rings. The van der Waals surface area contributed by atoms with E-state index < -0.39 is 5.41 Å². The van der Waals surface area contributed by atoms with Crippen molar-refractivity contribution in [1.29, 1.82) is 0 Å². The quantitative estimate of drug-likeness (QED) is 0.155. The Morgan fingerprint density at radius 3 is 1.79 bits per heavy atom. The molecule has 2 heteroatoms. The van der Waals surface area contributed by atoms with Gasteiger partial charge in [0, 0.05) is 37.0 Å². The molecule has 0 fully saturated rings. The summed E-state index contributed by atoms with van der Waals surface area (Å²) in [6.45, 7) is 0. The molecule has 0 radical (unpaired) electrons. The van der Waals surface area contributed by atoms with Crippen LogP contribution in [0.5, 0.6) is 0 Å². The SMILES string of the molecule is c1ccc(C2(c3ccccc3)c3ccccc3-c3c(N(c4cccc(-c5ccc6ccccc6c5)c4)c4ccccc4-c4ccc5sc6ccccc6c5c4)cccc32)cc1. The van der Waals surface area contributed by atoms with E-state index in [4.69, 9.17) is 0 Å². The second kappa shape index (κ2) is 14.3. The summed E-state index contributed by atoms with van der Waals surface area (Å²) < 4.78 is 2.62. The maximum Gasteiger partial charge on any atom is 0.0714 e. The van der Waals surface area contributed by atoms with Crippen molar-refractivity contribution in [2.75, 3.05) is 4.90 Å². The van der Waals surface area contributed by atoms with Crippen LogP contribution in [0.1, 0.15) is 22.3 Å². The minimum atomic E-state index is -0.520. The first-order valence-corrected chi connectivity index (χ1v) is 21.8. The fourth-order valence-corrected chi connectivity index (χ4v) is 11.2. The third kappa shape index (κ3) is 5.60. The number of para-hydroxylation sites is 1. The van der Waals surface area contributed by atoms with Crippen LogP contribution in [0.15, 0.2) is 237 Å². The van der Waals surface area contributed by atoms with E-state index in [0.717, 1.165) is 17.1 Å². The number of benzene rings is 10. The van der Waals surface area contributed by atoms with Crippen LogP contribution in [0, 0.1) is 0 Å². The summed E-state index contributed by atoms with van der Waals surface area (Å²) in [6, 6.07) is 87.5. The fourth-order valence-electron chi connectivity index (χ4n) is 10.1. The average molecular weight is 794 g/mol. The number of nitrogens with zero attached hydrogens (tertiary/aromatic N) is 1. The Hall–Kier alpha value is -7.52. The summed E-state index contributed by atoms with van der Waals surface area (Å²) in [5.41, 5.74) is 15.2. The van der Waals surface area contributed by atoms with E-state index in [1.165, 1.54) is 86.6 Å². The standard InChI is InChI=1S/C59H39NS/c1-3-20-45(21-4-1)59(46-22-5-2-6-23-46)52-28-12-9-27-50(52)58-53(59)29-16-31-55(58)60(47-24-15-19-42(38-47)43-34-33-40-17-7-8-18-41(40)37-43)54-30-13-10-25-48(54)44-35-36-57-51(39-44)49-26-11-14-32-56(49)61-57/h1-39H. The topological polar surface area (TPSA) is 3.24 Å². The monoisotopic (exact) mass is 793 g/mol. The van der Waals surface area contributed by atoms with Crippen molar-refractivity contribution in [3.05, 3.63) is 259 Å². The molecule has 61 heavy (non-hydrogen) atoms. The summed E-state index contributed by atoms with van der Waals surface area (Å²) in [6.07, 6.45) is 0. The van der Waals surface area contributed by atoms with Gasteiger partial charge in [0.2, 0.25) is 0 Å². The molecular weight excluding hydrogens is 755 g/mol. The number of hydrogen-bond donors (Lipinski definition) is 0. The van der Waals surface area contributed by atoms with E-state index in [2.05, 4.69) is 241 Å². The minimum Gasteiger partial charge on any atom is -0.309 e. The molecule has 1 nitrogen and oxygen atoms in total. The first-order valence-electron chi connectivity index (χ1n) is 21.0. The van der Waals surface area contributed by atoms with E-state index in [1.807, 2.05) is 11.3 Å². The van der Waals surface area contributed by atoms with Crippen molar-refractivity contribution < 1.29 is 0 Å². The molecule has 1 aromatic heterocycles. The van der Waals surface area contributed by atoms with Crippen LogP contribution in [0.2, 0.25) is 0 Å². The summed E-state index contributed by atoms with van der Waals surface area (Å²) in [7, 11) is 0. The first kappa shape index (κ1) is 35.4. The van der Waals surface area contributed by atoms with Crippen LogP contribution in [0.4, 0.5) is 17.1 Å². The highest BCUT2D eigenvalue weighted by Gasteiger charge is 2.47. The molecule has 1 aliphatic rings. The maximum atomic E-state index is 2.53. The van der Waals surface area contributed by atoms with Crippen LogP contribution in [0.25, 0.3) is 64.3 Å². The molecule has 1 aliphatic carbocycles. The van der Waals surface area contributed by atoms with E-state index in [9.17, 15) is 0 Å². The van der Waals surface area contributed by atoms with Gasteiger partial charge in [-0.1, -0.05) is 188 Å². The lowest BCUT2D eigenvalue weighted by atomic mass is 9.68. The van der Waals surface area contributed by atoms with E-state index in [0.29, 0.717) is 0 Å². The minimum absolute atomic E-state index is 0.520. The van der Waals surface area contributed by atoms with Gasteiger partial charge in [-0.3, -0.25) is 0 Å². The molecule has 0 unspecified atom stereocenters. The van der Waals surface area contributed by atoms with Gasteiger partial charge in [0.15, 0.2) is 0 Å². The van der Waals surface area contributed by atoms with E-state index >= 15 is 0 Å². The zero-order chi connectivity index (χ0) is 40.3. The Kier molecular flexibility index (Phi) is 8.33. The number of thiophene rings is 1. The van der Waals surface area contributed by atoms with Gasteiger partial charge < -0.3 is 4.90 Å². The normalized spacial score (nSPS) is 12.7. The Morgan fingerprint density at radius 1 is 0.344 bits per heavy atom. The van der Waals surface area contributed by atoms with Crippen LogP contribution in [-0.2, 0) is 5.41 Å². The summed E-state index contributed by atoms with van der Waals surface area (Å²) in [5.74, 6) is 0. The van der Waals surface area contributed by atoms with Gasteiger partial charge in [0.05, 0.1) is 16.8 Å². The van der Waals surface area contributed by atoms with Crippen LogP contribution in [0.3, 0.4) is 0 Å². The molecule has 286 valence electrons. The van der Waals surface area contributed by atoms with Gasteiger partial charge in [-0.15, -0.1) is 11.3 Å². The fraction of sp³-hybridized carbons (Fsp3) is 0.0169. The number of rotatable bonds is 7. The zero-order valence-corrected chi connectivity index (χ0v) is 34.2. The molecule has 0 aliphatic heterocycles. The second-order valence-electron chi connectivity index (χ2n) is 16.0. The van der Waals surface area contributed by atoms with Crippen molar-refractivity contribution >= 4 is 59.3 Å². The molecule has 0 atom stereocenters. The third-order valence-corrected chi connectivity index (χ3v) is 13.9. The number of hydrogen-bond acceptors (Lipinski definition) is 2. The molecule has 0 spiro atoms.